The Balaban J connectivity index is 3.29. The van der Waals surface area contributed by atoms with Gasteiger partial charge in [-0.2, -0.15) is 0 Å². The van der Waals surface area contributed by atoms with Gasteiger partial charge < -0.3 is 0 Å². The van der Waals surface area contributed by atoms with E-state index in [0.29, 0.717) is 10.8 Å². The van der Waals surface area contributed by atoms with Crippen molar-refractivity contribution in [3.05, 3.63) is 20.2 Å². The molecule has 1 atom stereocenters. The molecule has 0 N–H and O–H groups in total. The minimum absolute atomic E-state index is 0.250. The van der Waals surface area contributed by atoms with E-state index in [0.717, 1.165) is 9.83 Å². The van der Waals surface area contributed by atoms with Gasteiger partial charge in [0.2, 0.25) is 0 Å². The lowest BCUT2D eigenvalue weighted by molar-refractivity contribution is 0.589. The predicted octanol–water partition coefficient (Wildman–Crippen LogP) is 2.15. The third kappa shape index (κ3) is 3.01. The van der Waals surface area contributed by atoms with Crippen LogP contribution in [0, 0.1) is 10.5 Å². The van der Waals surface area contributed by atoms with Gasteiger partial charge in [-0.25, -0.2) is 18.4 Å². The van der Waals surface area contributed by atoms with Crippen LogP contribution in [0.15, 0.2) is 0 Å². The van der Waals surface area contributed by atoms with Crippen LogP contribution in [-0.2, 0) is 9.84 Å². The van der Waals surface area contributed by atoms with Crippen LogP contribution in [0.5, 0.6) is 0 Å². The second-order valence-electron chi connectivity index (χ2n) is 3.24. The molecule has 0 radical (unpaired) electrons. The number of rotatable bonds is 2. The number of sulfone groups is 1. The van der Waals surface area contributed by atoms with Gasteiger partial charge in [0.1, 0.15) is 16.2 Å². The van der Waals surface area contributed by atoms with Crippen molar-refractivity contribution in [1.29, 1.82) is 0 Å². The average Bonchev–Trinajstić information content (AvgIpc) is 2.10. The van der Waals surface area contributed by atoms with Gasteiger partial charge in [0.05, 0.1) is 9.26 Å². The fourth-order valence-electron chi connectivity index (χ4n) is 0.918. The quantitative estimate of drug-likeness (QED) is 0.599. The van der Waals surface area contributed by atoms with E-state index in [2.05, 4.69) is 9.97 Å². The van der Waals surface area contributed by atoms with Crippen molar-refractivity contribution in [3.8, 4) is 0 Å². The molecular formula is C8H10ClIN2O2S. The van der Waals surface area contributed by atoms with Gasteiger partial charge in [0.25, 0.3) is 0 Å². The maximum absolute atomic E-state index is 11.3. The molecule has 1 aromatic rings. The first-order valence-corrected chi connectivity index (χ1v) is 7.53. The molecule has 0 amide bonds. The lowest BCUT2D eigenvalue weighted by Gasteiger charge is -2.10. The molecule has 15 heavy (non-hydrogen) atoms. The van der Waals surface area contributed by atoms with Gasteiger partial charge in [-0.15, -0.1) is 0 Å². The highest BCUT2D eigenvalue weighted by atomic mass is 127. The highest BCUT2D eigenvalue weighted by Gasteiger charge is 2.21. The van der Waals surface area contributed by atoms with Crippen LogP contribution >= 0.6 is 34.2 Å². The maximum Gasteiger partial charge on any atom is 0.157 e. The summed E-state index contributed by atoms with van der Waals surface area (Å²) in [6.07, 6.45) is 1.15. The Morgan fingerprint density at radius 1 is 1.40 bits per heavy atom. The van der Waals surface area contributed by atoms with Gasteiger partial charge in [0, 0.05) is 6.26 Å². The van der Waals surface area contributed by atoms with Crippen molar-refractivity contribution < 1.29 is 8.42 Å². The molecule has 0 bridgehead atoms. The zero-order chi connectivity index (χ0) is 11.8. The van der Waals surface area contributed by atoms with E-state index in [4.69, 9.17) is 11.6 Å². The van der Waals surface area contributed by atoms with Gasteiger partial charge in [0.15, 0.2) is 9.84 Å². The highest BCUT2D eigenvalue weighted by molar-refractivity contribution is 14.1. The smallest absolute Gasteiger partial charge is 0.157 e. The minimum atomic E-state index is -3.19. The Labute approximate surface area is 108 Å². The van der Waals surface area contributed by atoms with E-state index in [1.54, 1.807) is 13.8 Å². The fraction of sp³-hybridized carbons (Fsp3) is 0.500. The van der Waals surface area contributed by atoms with E-state index >= 15 is 0 Å². The first kappa shape index (κ1) is 13.1. The Morgan fingerprint density at radius 3 is 2.33 bits per heavy atom. The second kappa shape index (κ2) is 4.50. The molecule has 0 spiro atoms. The number of halogens is 2. The van der Waals surface area contributed by atoms with E-state index in [1.165, 1.54) is 0 Å². The maximum atomic E-state index is 11.3. The largest absolute Gasteiger partial charge is 0.236 e. The van der Waals surface area contributed by atoms with Crippen LogP contribution < -0.4 is 0 Å². The Bertz CT molecular complexity index is 466. The summed E-state index contributed by atoms with van der Waals surface area (Å²) >= 11 is 7.88. The average molecular weight is 361 g/mol. The van der Waals surface area contributed by atoms with E-state index in [9.17, 15) is 8.42 Å². The summed E-state index contributed by atoms with van der Waals surface area (Å²) in [6, 6.07) is 0. The highest BCUT2D eigenvalue weighted by Crippen LogP contribution is 2.23. The molecule has 0 aromatic carbocycles. The van der Waals surface area contributed by atoms with Gasteiger partial charge in [-0.05, 0) is 36.4 Å². The van der Waals surface area contributed by atoms with Crippen molar-refractivity contribution in [2.75, 3.05) is 6.26 Å². The van der Waals surface area contributed by atoms with Gasteiger partial charge >= 0.3 is 0 Å². The lowest BCUT2D eigenvalue weighted by Crippen LogP contribution is -2.12. The number of nitrogens with zero attached hydrogens (tertiary/aromatic N) is 2. The predicted molar refractivity (Wildman–Crippen MR) is 67.8 cm³/mol. The van der Waals surface area contributed by atoms with E-state index in [1.807, 2.05) is 22.6 Å². The van der Waals surface area contributed by atoms with Gasteiger partial charge in [-0.3, -0.25) is 0 Å². The number of aromatic nitrogens is 2. The monoisotopic (exact) mass is 360 g/mol. The van der Waals surface area contributed by atoms with Crippen LogP contribution in [0.2, 0.25) is 5.15 Å². The second-order valence-corrected chi connectivity index (χ2v) is 7.05. The molecule has 7 heteroatoms. The normalized spacial score (nSPS) is 13.9. The van der Waals surface area contributed by atoms with Gasteiger partial charge in [-0.1, -0.05) is 11.6 Å². The first-order valence-electron chi connectivity index (χ1n) is 4.12. The summed E-state index contributed by atoms with van der Waals surface area (Å²) in [5.74, 6) is 0.250. The number of hydrogen-bond acceptors (Lipinski definition) is 4. The zero-order valence-corrected chi connectivity index (χ0v) is 12.2. The van der Waals surface area contributed by atoms with Crippen LogP contribution in [0.1, 0.15) is 23.7 Å². The van der Waals surface area contributed by atoms with E-state index in [-0.39, 0.29) is 5.82 Å². The standard InChI is InChI=1S/C8H10ClIN2O2S/c1-4-6(10)7(9)12-8(11-4)5(2)15(3,13)14/h5H,1-3H3. The molecule has 0 aliphatic heterocycles. The molecule has 84 valence electrons. The van der Waals surface area contributed by atoms with E-state index < -0.39 is 15.1 Å². The SMILES string of the molecule is Cc1nc(C(C)S(C)(=O)=O)nc(Cl)c1I. The fourth-order valence-corrected chi connectivity index (χ4v) is 1.87. The third-order valence-electron chi connectivity index (χ3n) is 2.00. The molecule has 1 unspecified atom stereocenters. The minimum Gasteiger partial charge on any atom is -0.236 e. The molecule has 0 saturated carbocycles. The van der Waals surface area contributed by atoms with Crippen molar-refractivity contribution in [1.82, 2.24) is 9.97 Å². The van der Waals surface area contributed by atoms with Crippen LogP contribution in [0.4, 0.5) is 0 Å². The van der Waals surface area contributed by atoms with Crippen molar-refractivity contribution in [2.45, 2.75) is 19.1 Å². The first-order chi connectivity index (χ1) is 6.73. The Hall–Kier alpha value is 0.0500. The summed E-state index contributed by atoms with van der Waals surface area (Å²) in [5.41, 5.74) is 0.695. The van der Waals surface area contributed by atoms with Crippen molar-refractivity contribution in [3.63, 3.8) is 0 Å². The molecular weight excluding hydrogens is 351 g/mol. The Kier molecular flexibility index (Phi) is 3.94. The molecule has 0 aliphatic rings. The summed E-state index contributed by atoms with van der Waals surface area (Å²) < 4.78 is 23.4. The summed E-state index contributed by atoms with van der Waals surface area (Å²) in [7, 11) is -3.19. The van der Waals surface area contributed by atoms with Crippen molar-refractivity contribution >= 4 is 44.0 Å². The molecule has 1 rings (SSSR count). The number of aryl methyl sites for hydroxylation is 1. The third-order valence-corrected chi connectivity index (χ3v) is 5.38. The topological polar surface area (TPSA) is 59.9 Å². The molecule has 0 saturated heterocycles. The molecule has 0 aliphatic carbocycles. The molecule has 0 fully saturated rings. The summed E-state index contributed by atoms with van der Waals surface area (Å²) in [5, 5.41) is -0.431. The summed E-state index contributed by atoms with van der Waals surface area (Å²) in [6.45, 7) is 3.32. The number of hydrogen-bond donors (Lipinski definition) is 0. The molecule has 4 nitrogen and oxygen atoms in total. The van der Waals surface area contributed by atoms with Crippen LogP contribution in [-0.4, -0.2) is 24.6 Å². The zero-order valence-electron chi connectivity index (χ0n) is 8.45. The Morgan fingerprint density at radius 2 is 1.93 bits per heavy atom. The molecule has 1 heterocycles. The lowest BCUT2D eigenvalue weighted by atomic mass is 10.4. The van der Waals surface area contributed by atoms with Crippen LogP contribution in [0.25, 0.3) is 0 Å². The van der Waals surface area contributed by atoms with Crippen LogP contribution in [0.3, 0.4) is 0 Å². The summed E-state index contributed by atoms with van der Waals surface area (Å²) in [4.78, 5) is 8.09. The molecule has 1 aromatic heterocycles. The van der Waals surface area contributed by atoms with Crippen molar-refractivity contribution in [2.24, 2.45) is 0 Å².